The number of nitrogens with one attached hydrogen (secondary N) is 2. The fourth-order valence-corrected chi connectivity index (χ4v) is 4.94. The Bertz CT molecular complexity index is 887. The van der Waals surface area contributed by atoms with Crippen LogP contribution >= 0.6 is 0 Å². The summed E-state index contributed by atoms with van der Waals surface area (Å²) in [5.74, 6) is 0. The Balaban J connectivity index is 1.58. The maximum Gasteiger partial charge on any atom is 0.240 e. The normalized spacial score (nSPS) is 12.2. The van der Waals surface area contributed by atoms with Crippen molar-refractivity contribution in [3.8, 4) is 0 Å². The fourth-order valence-electron chi connectivity index (χ4n) is 2.79. The summed E-state index contributed by atoms with van der Waals surface area (Å²) >= 11 is 0. The Labute approximate surface area is 174 Å². The lowest BCUT2D eigenvalue weighted by atomic mass is 10.1. The molecule has 0 unspecified atom stereocenters. The van der Waals surface area contributed by atoms with Crippen LogP contribution in [0, 0.1) is 13.8 Å². The van der Waals surface area contributed by atoms with Crippen molar-refractivity contribution in [1.82, 2.24) is 9.44 Å². The molecule has 0 saturated heterocycles. The lowest BCUT2D eigenvalue weighted by Crippen LogP contribution is -2.25. The van der Waals surface area contributed by atoms with Gasteiger partial charge in [-0.25, -0.2) is 26.3 Å². The molecule has 0 aliphatic carbocycles. The maximum absolute atomic E-state index is 12.2. The number of hydrogen-bond acceptors (Lipinski definition) is 4. The molecule has 0 aromatic heterocycles. The molecular formula is C21H30N2O4S2. The summed E-state index contributed by atoms with van der Waals surface area (Å²) in [4.78, 5) is 0.563. The average molecular weight is 439 g/mol. The number of unbranched alkanes of at least 4 members (excludes halogenated alkanes) is 4. The molecule has 2 rings (SSSR count). The first-order chi connectivity index (χ1) is 13.7. The highest BCUT2D eigenvalue weighted by atomic mass is 32.2. The summed E-state index contributed by atoms with van der Waals surface area (Å²) in [6.07, 6.45) is 4.21. The second-order valence-electron chi connectivity index (χ2n) is 7.19. The van der Waals surface area contributed by atoms with Gasteiger partial charge in [0, 0.05) is 13.1 Å². The zero-order valence-electron chi connectivity index (χ0n) is 17.0. The number of sulfonamides is 2. The Morgan fingerprint density at radius 3 is 1.21 bits per heavy atom. The molecule has 29 heavy (non-hydrogen) atoms. The van der Waals surface area contributed by atoms with Crippen LogP contribution in [0.15, 0.2) is 58.3 Å². The van der Waals surface area contributed by atoms with Crippen LogP contribution in [0.4, 0.5) is 0 Å². The third kappa shape index (κ3) is 7.89. The van der Waals surface area contributed by atoms with Gasteiger partial charge in [-0.05, 0) is 51.0 Å². The van der Waals surface area contributed by atoms with E-state index in [0.29, 0.717) is 13.1 Å². The molecule has 0 radical (unpaired) electrons. The highest BCUT2D eigenvalue weighted by molar-refractivity contribution is 7.89. The van der Waals surface area contributed by atoms with E-state index in [4.69, 9.17) is 0 Å². The van der Waals surface area contributed by atoms with E-state index in [2.05, 4.69) is 9.44 Å². The summed E-state index contributed by atoms with van der Waals surface area (Å²) in [7, 11) is -6.90. The molecule has 0 saturated carbocycles. The van der Waals surface area contributed by atoms with Crippen LogP contribution in [-0.2, 0) is 20.0 Å². The molecule has 2 N–H and O–H groups in total. The fraction of sp³-hybridized carbons (Fsp3) is 0.429. The zero-order valence-corrected chi connectivity index (χ0v) is 18.7. The Hall–Kier alpha value is -1.74. The van der Waals surface area contributed by atoms with Crippen molar-refractivity contribution in [1.29, 1.82) is 0 Å². The van der Waals surface area contributed by atoms with Crippen LogP contribution < -0.4 is 9.44 Å². The molecule has 0 aliphatic rings. The SMILES string of the molecule is Cc1ccc(S(=O)(=O)NCCCCCCCNS(=O)(=O)c2ccc(C)cc2)cc1. The molecular weight excluding hydrogens is 408 g/mol. The van der Waals surface area contributed by atoms with Crippen molar-refractivity contribution in [3.05, 3.63) is 59.7 Å². The van der Waals surface area contributed by atoms with Gasteiger partial charge >= 0.3 is 0 Å². The number of aryl methyl sites for hydroxylation is 2. The molecule has 0 bridgehead atoms. The molecule has 0 fully saturated rings. The second kappa shape index (κ2) is 10.9. The first kappa shape index (κ1) is 23.5. The quantitative estimate of drug-likeness (QED) is 0.496. The first-order valence-electron chi connectivity index (χ1n) is 9.83. The standard InChI is InChI=1S/C21H30N2O4S2/c1-18-8-12-20(13-9-18)28(24,25)22-16-6-4-3-5-7-17-23-29(26,27)21-14-10-19(2)11-15-21/h8-15,22-23H,3-7,16-17H2,1-2H3. The molecule has 2 aromatic rings. The topological polar surface area (TPSA) is 92.3 Å². The van der Waals surface area contributed by atoms with E-state index in [1.807, 2.05) is 13.8 Å². The van der Waals surface area contributed by atoms with E-state index in [1.165, 1.54) is 0 Å². The zero-order chi connectivity index (χ0) is 21.3. The van der Waals surface area contributed by atoms with Gasteiger partial charge in [0.15, 0.2) is 0 Å². The summed E-state index contributed by atoms with van der Waals surface area (Å²) in [6.45, 7) is 4.63. The molecule has 6 nitrogen and oxygen atoms in total. The average Bonchev–Trinajstić information content (AvgIpc) is 2.67. The number of hydrogen-bond donors (Lipinski definition) is 2. The minimum Gasteiger partial charge on any atom is -0.211 e. The number of benzene rings is 2. The van der Waals surface area contributed by atoms with Gasteiger partial charge in [-0.1, -0.05) is 54.7 Å². The third-order valence-corrected chi connectivity index (χ3v) is 7.55. The van der Waals surface area contributed by atoms with Gasteiger partial charge < -0.3 is 0 Å². The Morgan fingerprint density at radius 2 is 0.862 bits per heavy atom. The van der Waals surface area contributed by atoms with Crippen molar-refractivity contribution < 1.29 is 16.8 Å². The van der Waals surface area contributed by atoms with Gasteiger partial charge in [0.25, 0.3) is 0 Å². The summed E-state index contributed by atoms with van der Waals surface area (Å²) in [5.41, 5.74) is 2.04. The van der Waals surface area contributed by atoms with E-state index in [9.17, 15) is 16.8 Å². The van der Waals surface area contributed by atoms with Crippen LogP contribution in [0.3, 0.4) is 0 Å². The molecule has 0 heterocycles. The molecule has 0 aliphatic heterocycles. The van der Waals surface area contributed by atoms with Gasteiger partial charge in [-0.3, -0.25) is 0 Å². The van der Waals surface area contributed by atoms with E-state index >= 15 is 0 Å². The monoisotopic (exact) mass is 438 g/mol. The summed E-state index contributed by atoms with van der Waals surface area (Å²) < 4.78 is 53.9. The highest BCUT2D eigenvalue weighted by Crippen LogP contribution is 2.11. The Morgan fingerprint density at radius 1 is 0.552 bits per heavy atom. The lowest BCUT2D eigenvalue weighted by Gasteiger charge is -2.08. The van der Waals surface area contributed by atoms with Crippen molar-refractivity contribution in [2.24, 2.45) is 0 Å². The smallest absolute Gasteiger partial charge is 0.211 e. The van der Waals surface area contributed by atoms with Crippen LogP contribution in [0.1, 0.15) is 43.2 Å². The van der Waals surface area contributed by atoms with Crippen LogP contribution in [-0.4, -0.2) is 29.9 Å². The largest absolute Gasteiger partial charge is 0.240 e. The first-order valence-corrected chi connectivity index (χ1v) is 12.8. The highest BCUT2D eigenvalue weighted by Gasteiger charge is 2.13. The van der Waals surface area contributed by atoms with Gasteiger partial charge in [0.2, 0.25) is 20.0 Å². The molecule has 2 aromatic carbocycles. The van der Waals surface area contributed by atoms with Crippen LogP contribution in [0.5, 0.6) is 0 Å². The van der Waals surface area contributed by atoms with Gasteiger partial charge in [0.1, 0.15) is 0 Å². The van der Waals surface area contributed by atoms with Crippen molar-refractivity contribution in [3.63, 3.8) is 0 Å². The molecule has 0 amide bonds. The van der Waals surface area contributed by atoms with Gasteiger partial charge in [0.05, 0.1) is 9.79 Å². The van der Waals surface area contributed by atoms with Crippen molar-refractivity contribution in [2.45, 2.75) is 55.7 Å². The third-order valence-electron chi connectivity index (χ3n) is 4.60. The molecule has 8 heteroatoms. The van der Waals surface area contributed by atoms with Gasteiger partial charge in [-0.2, -0.15) is 0 Å². The Kier molecular flexibility index (Phi) is 8.82. The van der Waals surface area contributed by atoms with Crippen LogP contribution in [0.25, 0.3) is 0 Å². The molecule has 160 valence electrons. The van der Waals surface area contributed by atoms with E-state index in [0.717, 1.165) is 43.2 Å². The van der Waals surface area contributed by atoms with Crippen molar-refractivity contribution in [2.75, 3.05) is 13.1 Å². The van der Waals surface area contributed by atoms with Crippen LogP contribution in [0.2, 0.25) is 0 Å². The summed E-state index contributed by atoms with van der Waals surface area (Å²) in [5, 5.41) is 0. The maximum atomic E-state index is 12.2. The molecule has 0 atom stereocenters. The van der Waals surface area contributed by atoms with Crippen molar-refractivity contribution >= 4 is 20.0 Å². The number of rotatable bonds is 12. The predicted molar refractivity (Wildman–Crippen MR) is 116 cm³/mol. The summed E-state index contributed by atoms with van der Waals surface area (Å²) in [6, 6.07) is 13.5. The minimum absolute atomic E-state index is 0.281. The minimum atomic E-state index is -3.45. The lowest BCUT2D eigenvalue weighted by molar-refractivity contribution is 0.562. The molecule has 0 spiro atoms. The van der Waals surface area contributed by atoms with E-state index in [-0.39, 0.29) is 9.79 Å². The van der Waals surface area contributed by atoms with E-state index < -0.39 is 20.0 Å². The predicted octanol–water partition coefficient (Wildman–Crippen LogP) is 3.51. The van der Waals surface area contributed by atoms with Gasteiger partial charge in [-0.15, -0.1) is 0 Å². The second-order valence-corrected chi connectivity index (χ2v) is 10.7. The van der Waals surface area contributed by atoms with E-state index in [1.54, 1.807) is 48.5 Å².